The van der Waals surface area contributed by atoms with E-state index in [1.54, 1.807) is 0 Å². The van der Waals surface area contributed by atoms with Gasteiger partial charge in [-0.1, -0.05) is 65.3 Å². The molecular weight excluding hydrogens is 456 g/mol. The zero-order chi connectivity index (χ0) is 20.9. The van der Waals surface area contributed by atoms with Crippen LogP contribution in [0.4, 0.5) is 0 Å². The first-order valence-corrected chi connectivity index (χ1v) is 14.0. The molecule has 0 nitrogen and oxygen atoms in total. The van der Waals surface area contributed by atoms with E-state index in [1.807, 2.05) is 12.2 Å². The molecule has 2 aromatic carbocycles. The molecule has 2 aliphatic rings. The molecule has 2 heteroatoms. The van der Waals surface area contributed by atoms with Gasteiger partial charge in [0.15, 0.2) is 0 Å². The van der Waals surface area contributed by atoms with E-state index in [0.717, 1.165) is 12.8 Å². The topological polar surface area (TPSA) is 0 Å². The Morgan fingerprint density at radius 2 is 1.50 bits per heavy atom. The Hall–Kier alpha value is -0.980. The molecule has 2 aromatic rings. The summed E-state index contributed by atoms with van der Waals surface area (Å²) < 4.78 is 0. The van der Waals surface area contributed by atoms with Crippen molar-refractivity contribution in [2.45, 2.75) is 65.2 Å². The molecule has 30 heavy (non-hydrogen) atoms. The van der Waals surface area contributed by atoms with Crippen LogP contribution in [-0.4, -0.2) is 6.88 Å². The third-order valence-electron chi connectivity index (χ3n) is 5.05. The van der Waals surface area contributed by atoms with Crippen LogP contribution in [0.2, 0.25) is 0 Å². The van der Waals surface area contributed by atoms with Gasteiger partial charge in [0.05, 0.1) is 0 Å². The molecule has 0 N–H and O–H groups in total. The second-order valence-electron chi connectivity index (χ2n) is 9.32. The van der Waals surface area contributed by atoms with Gasteiger partial charge in [0.1, 0.15) is 0 Å². The molecule has 160 valence electrons. The third kappa shape index (κ3) is 7.31. The van der Waals surface area contributed by atoms with Gasteiger partial charge in [0.2, 0.25) is 0 Å². The Morgan fingerprint density at radius 3 is 1.97 bits per heavy atom. The van der Waals surface area contributed by atoms with Crippen molar-refractivity contribution in [1.82, 2.24) is 0 Å². The van der Waals surface area contributed by atoms with Crippen molar-refractivity contribution in [3.8, 4) is 11.1 Å². The van der Waals surface area contributed by atoms with Crippen molar-refractivity contribution in [3.63, 3.8) is 0 Å². The monoisotopic (exact) mass is 490 g/mol. The van der Waals surface area contributed by atoms with Gasteiger partial charge >= 0.3 is 30.2 Å². The van der Waals surface area contributed by atoms with Gasteiger partial charge in [-0.25, -0.2) is 12.2 Å². The van der Waals surface area contributed by atoms with E-state index in [2.05, 4.69) is 97.0 Å². The average molecular weight is 492 g/mol. The minimum absolute atomic E-state index is 0. The summed E-state index contributed by atoms with van der Waals surface area (Å²) in [4.78, 5) is 0. The number of allylic oxidation sites excluding steroid dienone is 4. The van der Waals surface area contributed by atoms with Crippen LogP contribution in [0, 0.1) is 27.0 Å². The first kappa shape index (κ1) is 29.0. The second-order valence-corrected chi connectivity index (χ2v) is 9.32. The standard InChI is InChI=1S/C21H25.C5H5.2CH3.Si.Zr/c1-20(2,3)16-7-9-18-14(12-16)11-15-13-17(21(4,5)6)8-10-19(15)18;1-2-4-5-3-1;;;;/h7-10,12H,11H2,1-6H3;1-3H,4H2;2*1H3;;/q4*-1;;. The molecule has 0 saturated carbocycles. The number of rotatable bonds is 0. The van der Waals surface area contributed by atoms with Gasteiger partial charge in [0, 0.05) is 0 Å². The summed E-state index contributed by atoms with van der Waals surface area (Å²) in [6, 6.07) is 15.2. The third-order valence-corrected chi connectivity index (χ3v) is 5.05. The van der Waals surface area contributed by atoms with Crippen molar-refractivity contribution >= 4 is 6.88 Å². The zero-order valence-corrected chi connectivity index (χ0v) is 23.5. The van der Waals surface area contributed by atoms with Crippen LogP contribution in [0.25, 0.3) is 11.1 Å². The van der Waals surface area contributed by atoms with E-state index in [9.17, 15) is 0 Å². The van der Waals surface area contributed by atoms with E-state index in [1.165, 1.54) is 56.7 Å². The van der Waals surface area contributed by atoms with Crippen LogP contribution in [0.15, 0.2) is 48.6 Å². The fraction of sp³-hybridized carbons (Fsp3) is 0.357. The van der Waals surface area contributed by atoms with Crippen LogP contribution in [0.1, 0.15) is 70.2 Å². The quantitative estimate of drug-likeness (QED) is 0.226. The molecule has 2 aliphatic carbocycles. The summed E-state index contributed by atoms with van der Waals surface area (Å²) in [5, 5.41) is 0. The van der Waals surface area contributed by atoms with E-state index >= 15 is 0 Å². The first-order valence-electron chi connectivity index (χ1n) is 9.82. The molecule has 0 aliphatic heterocycles. The van der Waals surface area contributed by atoms with Crippen LogP contribution in [-0.2, 0) is 40.6 Å². The molecule has 0 atom stereocenters. The minimum atomic E-state index is 0. The molecule has 2 radical (unpaired) electrons. The van der Waals surface area contributed by atoms with Crippen molar-refractivity contribution in [2.75, 3.05) is 0 Å². The molecule has 0 heterocycles. The molecule has 0 aromatic heterocycles. The van der Waals surface area contributed by atoms with Gasteiger partial charge in [0.25, 0.3) is 0 Å². The fourth-order valence-corrected chi connectivity index (χ4v) is 3.37. The SMILES string of the molecule is CC(C)(C)c1[c-]c2c(cc1)-c1ccc(C(C)(C)C)cc1C2.[C-]1=CC=CC1.[CH3-].[CH3-].[Si]=[Zr]. The second kappa shape index (κ2) is 12.2. The molecular formula is C28H36SiZr-4. The Morgan fingerprint density at radius 1 is 0.867 bits per heavy atom. The van der Waals surface area contributed by atoms with Crippen LogP contribution >= 0.6 is 0 Å². The van der Waals surface area contributed by atoms with Crippen LogP contribution in [0.3, 0.4) is 0 Å². The molecule has 0 saturated heterocycles. The van der Waals surface area contributed by atoms with E-state index in [0.29, 0.717) is 0 Å². The molecule has 0 unspecified atom stereocenters. The van der Waals surface area contributed by atoms with Crippen LogP contribution in [0.5, 0.6) is 0 Å². The Balaban J connectivity index is 0.000000809. The van der Waals surface area contributed by atoms with Gasteiger partial charge in [-0.05, 0) is 28.4 Å². The van der Waals surface area contributed by atoms with E-state index < -0.39 is 0 Å². The number of hydrogen-bond acceptors (Lipinski definition) is 0. The molecule has 0 spiro atoms. The van der Waals surface area contributed by atoms with Crippen molar-refractivity contribution in [2.24, 2.45) is 0 Å². The summed E-state index contributed by atoms with van der Waals surface area (Å²) in [7, 11) is 0. The number of fused-ring (bicyclic) bond motifs is 3. The number of benzene rings is 2. The van der Waals surface area contributed by atoms with E-state index in [4.69, 9.17) is 0 Å². The van der Waals surface area contributed by atoms with Crippen molar-refractivity contribution in [1.29, 1.82) is 0 Å². The Bertz CT molecular complexity index is 805. The molecule has 0 fully saturated rings. The summed E-state index contributed by atoms with van der Waals surface area (Å²) in [6.45, 7) is 16.7. The first-order chi connectivity index (χ1) is 13.2. The summed E-state index contributed by atoms with van der Waals surface area (Å²) in [5.74, 6) is 0. The van der Waals surface area contributed by atoms with Gasteiger partial charge in [-0.3, -0.25) is 6.08 Å². The molecule has 4 rings (SSSR count). The van der Waals surface area contributed by atoms with Gasteiger partial charge in [-0.2, -0.15) is 29.8 Å². The van der Waals surface area contributed by atoms with Crippen LogP contribution < -0.4 is 0 Å². The molecule has 0 bridgehead atoms. The van der Waals surface area contributed by atoms with E-state index in [-0.39, 0.29) is 25.7 Å². The summed E-state index contributed by atoms with van der Waals surface area (Å²) in [5.41, 5.74) is 8.70. The Labute approximate surface area is 203 Å². The Kier molecular flexibility index (Phi) is 11.8. The predicted octanol–water partition coefficient (Wildman–Crippen LogP) is 7.48. The van der Waals surface area contributed by atoms with Gasteiger partial charge in [-0.15, -0.1) is 17.5 Å². The predicted molar refractivity (Wildman–Crippen MR) is 131 cm³/mol. The summed E-state index contributed by atoms with van der Waals surface area (Å²) >= 11 is 1.36. The van der Waals surface area contributed by atoms with Gasteiger partial charge < -0.3 is 14.9 Å². The molecule has 0 amide bonds. The zero-order valence-electron chi connectivity index (χ0n) is 20.0. The normalized spacial score (nSPS) is 12.8. The fourth-order valence-electron chi connectivity index (χ4n) is 3.37. The van der Waals surface area contributed by atoms with Crippen molar-refractivity contribution in [3.05, 3.63) is 97.8 Å². The maximum absolute atomic E-state index is 3.67. The summed E-state index contributed by atoms with van der Waals surface area (Å²) in [6.07, 6.45) is 11.0. The maximum atomic E-state index is 3.67. The number of hydrogen-bond donors (Lipinski definition) is 0. The van der Waals surface area contributed by atoms with Crippen molar-refractivity contribution < 1.29 is 23.3 Å². The average Bonchev–Trinajstić information content (AvgIpc) is 3.32.